The Morgan fingerprint density at radius 2 is 1.37 bits per heavy atom. The van der Waals surface area contributed by atoms with Crippen molar-refractivity contribution in [1.82, 2.24) is 9.34 Å². The van der Waals surface area contributed by atoms with E-state index in [0.29, 0.717) is 5.76 Å². The fraction of sp³-hybridized carbons (Fsp3) is 0.857. The van der Waals surface area contributed by atoms with Crippen LogP contribution in [0.4, 0.5) is 0 Å². The van der Waals surface area contributed by atoms with Crippen molar-refractivity contribution in [2.75, 3.05) is 26.2 Å². The number of hydrogen-bond acceptors (Lipinski definition) is 2. The summed E-state index contributed by atoms with van der Waals surface area (Å²) in [5.74, 6) is 0.508. The second kappa shape index (κ2) is 7.47. The Morgan fingerprint density at radius 3 is 1.74 bits per heavy atom. The van der Waals surface area contributed by atoms with Crippen molar-refractivity contribution < 1.29 is 5.11 Å². The lowest BCUT2D eigenvalue weighted by Crippen LogP contribution is -2.33. The molecule has 0 aromatic heterocycles. The van der Waals surface area contributed by atoms with Gasteiger partial charge in [-0.2, -0.15) is 0 Å². The summed E-state index contributed by atoms with van der Waals surface area (Å²) >= 11 is 0. The summed E-state index contributed by atoms with van der Waals surface area (Å²) in [7, 11) is -2.27. The third kappa shape index (κ3) is 3.24. The zero-order chi connectivity index (χ0) is 14.5. The van der Waals surface area contributed by atoms with E-state index < -0.39 is 7.36 Å². The lowest BCUT2D eigenvalue weighted by molar-refractivity contribution is 0.357. The fourth-order valence-electron chi connectivity index (χ4n) is 3.00. The van der Waals surface area contributed by atoms with E-state index in [0.717, 1.165) is 57.2 Å². The molecule has 0 aromatic carbocycles. The van der Waals surface area contributed by atoms with Gasteiger partial charge in [0.15, 0.2) is 0 Å². The van der Waals surface area contributed by atoms with Gasteiger partial charge in [-0.25, -0.2) is 0 Å². The minimum atomic E-state index is -2.27. The van der Waals surface area contributed by atoms with Crippen molar-refractivity contribution >= 4 is 7.36 Å². The van der Waals surface area contributed by atoms with Gasteiger partial charge in [0, 0.05) is 37.9 Å². The molecule has 0 unspecified atom stereocenters. The van der Waals surface area contributed by atoms with E-state index in [2.05, 4.69) is 37.0 Å². The maximum atomic E-state index is 10.3. The van der Waals surface area contributed by atoms with E-state index in [4.69, 9.17) is 0 Å². The number of hydrogen-bond donors (Lipinski definition) is 2. The molecule has 2 N–H and O–H groups in total. The Morgan fingerprint density at radius 1 is 0.947 bits per heavy atom. The van der Waals surface area contributed by atoms with Crippen molar-refractivity contribution in [3.8, 4) is 0 Å². The first-order chi connectivity index (χ1) is 9.05. The Hall–Kier alpha value is -0.310. The summed E-state index contributed by atoms with van der Waals surface area (Å²) in [5.41, 5.74) is 0. The topological polar surface area (TPSA) is 50.6 Å². The zero-order valence-corrected chi connectivity index (χ0v) is 13.8. The first kappa shape index (κ1) is 16.7. The van der Waals surface area contributed by atoms with E-state index in [-0.39, 0.29) is 0 Å². The molecule has 0 spiro atoms. The zero-order valence-electron chi connectivity index (χ0n) is 12.9. The maximum Gasteiger partial charge on any atom is 0.123 e. The summed E-state index contributed by atoms with van der Waals surface area (Å²) in [6, 6.07) is 0. The molecule has 1 aliphatic carbocycles. The van der Waals surface area contributed by atoms with Crippen LogP contribution in [0.5, 0.6) is 0 Å². The number of aliphatic hydroxyl groups is 1. The number of nitrogens with one attached hydrogen (secondary N) is 1. The molecule has 5 heteroatoms. The molecular formula is C14H30N3OP. The third-order valence-electron chi connectivity index (χ3n) is 4.07. The van der Waals surface area contributed by atoms with E-state index in [9.17, 15) is 10.3 Å². The van der Waals surface area contributed by atoms with Crippen LogP contribution in [-0.4, -0.2) is 40.6 Å². The van der Waals surface area contributed by atoms with Gasteiger partial charge in [0.05, 0.1) is 5.76 Å². The lowest BCUT2D eigenvalue weighted by Gasteiger charge is -2.43. The first-order valence-corrected chi connectivity index (χ1v) is 9.32. The number of nitrogens with zero attached hydrogens (tertiary/aromatic N) is 2. The molecule has 112 valence electrons. The second-order valence-corrected chi connectivity index (χ2v) is 7.85. The summed E-state index contributed by atoms with van der Waals surface area (Å²) in [6.07, 6.45) is 3.84. The molecule has 0 saturated heterocycles. The van der Waals surface area contributed by atoms with Crippen molar-refractivity contribution in [3.05, 3.63) is 11.1 Å². The molecule has 0 radical (unpaired) electrons. The van der Waals surface area contributed by atoms with Crippen LogP contribution in [0.1, 0.15) is 53.4 Å². The summed E-state index contributed by atoms with van der Waals surface area (Å²) in [4.78, 5) is 0. The quantitative estimate of drug-likeness (QED) is 0.671. The molecule has 0 atom stereocenters. The standard InChI is InChI=1S/C14H30N3OP/c1-5-16(6-2)19(15,17(7-3)8-4)14-12-10-9-11-13(14)18/h15,18H,5-12H2,1-4H3. The van der Waals surface area contributed by atoms with Crippen LogP contribution in [0.15, 0.2) is 11.1 Å². The number of rotatable bonds is 7. The molecule has 19 heavy (non-hydrogen) atoms. The largest absolute Gasteiger partial charge is 0.512 e. The van der Waals surface area contributed by atoms with Gasteiger partial charge < -0.3 is 5.11 Å². The second-order valence-electron chi connectivity index (χ2n) is 4.98. The molecule has 1 aliphatic rings. The highest BCUT2D eigenvalue weighted by atomic mass is 31.2. The van der Waals surface area contributed by atoms with Gasteiger partial charge in [-0.15, -0.1) is 0 Å². The van der Waals surface area contributed by atoms with Gasteiger partial charge in [0.2, 0.25) is 0 Å². The monoisotopic (exact) mass is 287 g/mol. The van der Waals surface area contributed by atoms with Crippen LogP contribution < -0.4 is 0 Å². The molecule has 0 aliphatic heterocycles. The first-order valence-electron chi connectivity index (χ1n) is 7.62. The Labute approximate surface area is 118 Å². The number of allylic oxidation sites excluding steroid dienone is 2. The highest BCUT2D eigenvalue weighted by Crippen LogP contribution is 2.63. The van der Waals surface area contributed by atoms with Crippen molar-refractivity contribution in [2.45, 2.75) is 53.4 Å². The van der Waals surface area contributed by atoms with Crippen LogP contribution in [0, 0.1) is 5.16 Å². The maximum absolute atomic E-state index is 10.3. The lowest BCUT2D eigenvalue weighted by atomic mass is 10.1. The molecule has 0 amide bonds. The van der Waals surface area contributed by atoms with Crippen LogP contribution in [0.25, 0.3) is 0 Å². The molecule has 0 bridgehead atoms. The molecule has 0 saturated carbocycles. The molecule has 0 heterocycles. The molecule has 1 rings (SSSR count). The van der Waals surface area contributed by atoms with Gasteiger partial charge in [-0.3, -0.25) is 14.5 Å². The Balaban J connectivity index is 3.29. The van der Waals surface area contributed by atoms with E-state index in [1.54, 1.807) is 0 Å². The highest BCUT2D eigenvalue weighted by Gasteiger charge is 2.36. The van der Waals surface area contributed by atoms with Gasteiger partial charge in [-0.1, -0.05) is 27.7 Å². The van der Waals surface area contributed by atoms with Gasteiger partial charge in [-0.05, 0) is 19.3 Å². The van der Waals surface area contributed by atoms with E-state index in [1.165, 1.54) is 0 Å². The van der Waals surface area contributed by atoms with Gasteiger partial charge in [0.1, 0.15) is 7.36 Å². The summed E-state index contributed by atoms with van der Waals surface area (Å²) in [6.45, 7) is 12.0. The minimum Gasteiger partial charge on any atom is -0.512 e. The van der Waals surface area contributed by atoms with Gasteiger partial charge in [0.25, 0.3) is 0 Å². The Kier molecular flexibility index (Phi) is 6.58. The van der Waals surface area contributed by atoms with E-state index >= 15 is 0 Å². The molecular weight excluding hydrogens is 257 g/mol. The predicted molar refractivity (Wildman–Crippen MR) is 83.6 cm³/mol. The van der Waals surface area contributed by atoms with Crippen molar-refractivity contribution in [2.24, 2.45) is 0 Å². The van der Waals surface area contributed by atoms with Crippen LogP contribution in [0.2, 0.25) is 0 Å². The van der Waals surface area contributed by atoms with Crippen molar-refractivity contribution in [3.63, 3.8) is 0 Å². The summed E-state index contributed by atoms with van der Waals surface area (Å²) < 4.78 is 4.52. The highest BCUT2D eigenvalue weighted by molar-refractivity contribution is 7.64. The normalized spacial score (nSPS) is 17.6. The summed E-state index contributed by atoms with van der Waals surface area (Å²) in [5, 5.41) is 20.6. The van der Waals surface area contributed by atoms with E-state index in [1.807, 2.05) is 0 Å². The minimum absolute atomic E-state index is 0.508. The molecule has 4 nitrogen and oxygen atoms in total. The van der Waals surface area contributed by atoms with Gasteiger partial charge >= 0.3 is 0 Å². The SMILES string of the molecule is CCN(CC)P(=N)(C1=C(O)CCCC1)N(CC)CC. The number of aliphatic hydroxyl groups excluding tert-OH is 1. The van der Waals surface area contributed by atoms with Crippen LogP contribution >= 0.6 is 7.36 Å². The average Bonchev–Trinajstić information content (AvgIpc) is 2.41. The molecule has 0 fully saturated rings. The van der Waals surface area contributed by atoms with Crippen molar-refractivity contribution in [1.29, 1.82) is 5.16 Å². The smallest absolute Gasteiger partial charge is 0.123 e. The predicted octanol–water partition coefficient (Wildman–Crippen LogP) is 4.62. The molecule has 0 aromatic rings. The fourth-order valence-corrected chi connectivity index (χ4v) is 6.62. The third-order valence-corrected chi connectivity index (χ3v) is 8.07. The van der Waals surface area contributed by atoms with Crippen LogP contribution in [-0.2, 0) is 0 Å². The van der Waals surface area contributed by atoms with Crippen LogP contribution in [0.3, 0.4) is 0 Å². The average molecular weight is 287 g/mol. The Bertz CT molecular complexity index is 344.